The van der Waals surface area contributed by atoms with Gasteiger partial charge in [0.25, 0.3) is 5.91 Å². The van der Waals surface area contributed by atoms with E-state index in [1.807, 2.05) is 19.1 Å². The topological polar surface area (TPSA) is 66.9 Å². The number of nitrogens with zero attached hydrogens (tertiary/aromatic N) is 2. The Labute approximate surface area is 149 Å². The van der Waals surface area contributed by atoms with Crippen LogP contribution in [0.4, 0.5) is 26.0 Å². The van der Waals surface area contributed by atoms with E-state index in [1.165, 1.54) is 12.1 Å². The van der Waals surface area contributed by atoms with E-state index in [-0.39, 0.29) is 17.2 Å². The number of aromatic nitrogens is 2. The SMILES string of the molecule is Cc1ccc(NC(=O)c2cc(Nc3c(F)cccc3F)nc(C)n2)cc1. The van der Waals surface area contributed by atoms with Crippen molar-refractivity contribution in [3.63, 3.8) is 0 Å². The second kappa shape index (κ2) is 7.26. The van der Waals surface area contributed by atoms with Gasteiger partial charge in [-0.1, -0.05) is 23.8 Å². The van der Waals surface area contributed by atoms with Gasteiger partial charge in [0.2, 0.25) is 0 Å². The summed E-state index contributed by atoms with van der Waals surface area (Å²) in [5.74, 6) is -1.55. The molecule has 132 valence electrons. The molecule has 0 aliphatic heterocycles. The number of hydrogen-bond acceptors (Lipinski definition) is 4. The number of carbonyl (C=O) groups excluding carboxylic acids is 1. The molecule has 1 amide bonds. The van der Waals surface area contributed by atoms with Gasteiger partial charge < -0.3 is 10.6 Å². The summed E-state index contributed by atoms with van der Waals surface area (Å²) >= 11 is 0. The molecule has 2 N–H and O–H groups in total. The third-order valence-electron chi connectivity index (χ3n) is 3.60. The quantitative estimate of drug-likeness (QED) is 0.730. The Morgan fingerprint density at radius 1 is 0.962 bits per heavy atom. The van der Waals surface area contributed by atoms with Crippen LogP contribution in [0.3, 0.4) is 0 Å². The molecule has 1 aromatic heterocycles. The van der Waals surface area contributed by atoms with Crippen LogP contribution in [0, 0.1) is 25.5 Å². The average Bonchev–Trinajstić information content (AvgIpc) is 2.60. The van der Waals surface area contributed by atoms with Gasteiger partial charge in [-0.05, 0) is 38.1 Å². The third-order valence-corrected chi connectivity index (χ3v) is 3.60. The molecule has 0 radical (unpaired) electrons. The second-order valence-corrected chi connectivity index (χ2v) is 5.73. The fourth-order valence-corrected chi connectivity index (χ4v) is 2.33. The number of carbonyl (C=O) groups is 1. The van der Waals surface area contributed by atoms with Crippen LogP contribution in [-0.2, 0) is 0 Å². The summed E-state index contributed by atoms with van der Waals surface area (Å²) < 4.78 is 27.6. The van der Waals surface area contributed by atoms with Crippen molar-refractivity contribution in [2.24, 2.45) is 0 Å². The number of anilines is 3. The van der Waals surface area contributed by atoms with Crippen molar-refractivity contribution in [1.29, 1.82) is 0 Å². The zero-order chi connectivity index (χ0) is 18.7. The standard InChI is InChI=1S/C19H16F2N4O/c1-11-6-8-13(9-7-11)24-19(26)16-10-17(23-12(2)22-16)25-18-14(20)4-3-5-15(18)21/h3-10H,1-2H3,(H,24,26)(H,22,23,25). The molecule has 0 aliphatic rings. The third kappa shape index (κ3) is 4.00. The molecule has 0 spiro atoms. The van der Waals surface area contributed by atoms with E-state index in [0.29, 0.717) is 11.5 Å². The fraction of sp³-hybridized carbons (Fsp3) is 0.105. The molecule has 0 aliphatic carbocycles. The lowest BCUT2D eigenvalue weighted by molar-refractivity contribution is 0.102. The summed E-state index contributed by atoms with van der Waals surface area (Å²) in [6.45, 7) is 3.53. The molecule has 2 aromatic carbocycles. The first-order chi connectivity index (χ1) is 12.4. The maximum absolute atomic E-state index is 13.8. The Hall–Kier alpha value is -3.35. The van der Waals surface area contributed by atoms with Crippen molar-refractivity contribution < 1.29 is 13.6 Å². The molecule has 0 bridgehead atoms. The van der Waals surface area contributed by atoms with Gasteiger partial charge in [-0.15, -0.1) is 0 Å². The summed E-state index contributed by atoms with van der Waals surface area (Å²) in [5, 5.41) is 5.29. The number of para-hydroxylation sites is 1. The first kappa shape index (κ1) is 17.5. The van der Waals surface area contributed by atoms with Crippen LogP contribution in [0.25, 0.3) is 0 Å². The molecule has 1 heterocycles. The van der Waals surface area contributed by atoms with Crippen molar-refractivity contribution in [3.8, 4) is 0 Å². The minimum atomic E-state index is -0.757. The molecule has 0 fully saturated rings. The van der Waals surface area contributed by atoms with E-state index in [1.54, 1.807) is 19.1 Å². The Kier molecular flexibility index (Phi) is 4.88. The van der Waals surface area contributed by atoms with Crippen molar-refractivity contribution in [3.05, 3.63) is 77.2 Å². The highest BCUT2D eigenvalue weighted by Gasteiger charge is 2.14. The van der Waals surface area contributed by atoms with Crippen molar-refractivity contribution >= 4 is 23.1 Å². The van der Waals surface area contributed by atoms with Crippen molar-refractivity contribution in [2.75, 3.05) is 10.6 Å². The Balaban J connectivity index is 1.85. The summed E-state index contributed by atoms with van der Waals surface area (Å²) in [7, 11) is 0. The molecular formula is C19H16F2N4O. The zero-order valence-corrected chi connectivity index (χ0v) is 14.2. The molecule has 3 aromatic rings. The monoisotopic (exact) mass is 354 g/mol. The number of rotatable bonds is 4. The van der Waals surface area contributed by atoms with Gasteiger partial charge in [0.15, 0.2) is 0 Å². The number of halogens is 2. The highest BCUT2D eigenvalue weighted by molar-refractivity contribution is 6.03. The number of hydrogen-bond donors (Lipinski definition) is 2. The maximum atomic E-state index is 13.8. The molecule has 7 heteroatoms. The minimum absolute atomic E-state index is 0.0809. The number of nitrogens with one attached hydrogen (secondary N) is 2. The van der Waals surface area contributed by atoms with Crippen molar-refractivity contribution in [1.82, 2.24) is 9.97 Å². The fourth-order valence-electron chi connectivity index (χ4n) is 2.33. The van der Waals surface area contributed by atoms with E-state index in [0.717, 1.165) is 17.7 Å². The van der Waals surface area contributed by atoms with Gasteiger partial charge in [-0.2, -0.15) is 0 Å². The minimum Gasteiger partial charge on any atom is -0.335 e. The summed E-state index contributed by atoms with van der Waals surface area (Å²) in [4.78, 5) is 20.6. The summed E-state index contributed by atoms with van der Waals surface area (Å²) in [5.41, 5.74) is 1.43. The molecule has 0 saturated carbocycles. The van der Waals surface area contributed by atoms with Gasteiger partial charge in [0.05, 0.1) is 0 Å². The molecule has 26 heavy (non-hydrogen) atoms. The molecule has 0 unspecified atom stereocenters. The number of benzene rings is 2. The smallest absolute Gasteiger partial charge is 0.274 e. The number of aryl methyl sites for hydroxylation is 2. The van der Waals surface area contributed by atoms with Crippen LogP contribution in [0.2, 0.25) is 0 Å². The zero-order valence-electron chi connectivity index (χ0n) is 14.2. The van der Waals surface area contributed by atoms with Crippen LogP contribution >= 0.6 is 0 Å². The highest BCUT2D eigenvalue weighted by Crippen LogP contribution is 2.22. The van der Waals surface area contributed by atoms with Gasteiger partial charge in [-0.3, -0.25) is 4.79 Å². The molecule has 3 rings (SSSR count). The van der Waals surface area contributed by atoms with E-state index in [4.69, 9.17) is 0 Å². The average molecular weight is 354 g/mol. The molecular weight excluding hydrogens is 338 g/mol. The van der Waals surface area contributed by atoms with Crippen LogP contribution < -0.4 is 10.6 Å². The van der Waals surface area contributed by atoms with Crippen LogP contribution in [0.5, 0.6) is 0 Å². The largest absolute Gasteiger partial charge is 0.335 e. The Bertz CT molecular complexity index is 938. The highest BCUT2D eigenvalue weighted by atomic mass is 19.1. The van der Waals surface area contributed by atoms with Gasteiger partial charge in [-0.25, -0.2) is 18.7 Å². The Morgan fingerprint density at radius 3 is 2.27 bits per heavy atom. The van der Waals surface area contributed by atoms with Crippen molar-refractivity contribution in [2.45, 2.75) is 13.8 Å². The van der Waals surface area contributed by atoms with Gasteiger partial charge in [0, 0.05) is 11.8 Å². The Morgan fingerprint density at radius 2 is 1.62 bits per heavy atom. The predicted molar refractivity (Wildman–Crippen MR) is 95.5 cm³/mol. The van der Waals surface area contributed by atoms with Crippen LogP contribution in [-0.4, -0.2) is 15.9 Å². The van der Waals surface area contributed by atoms with E-state index in [9.17, 15) is 13.6 Å². The lowest BCUT2D eigenvalue weighted by Crippen LogP contribution is -2.15. The second-order valence-electron chi connectivity index (χ2n) is 5.73. The lowest BCUT2D eigenvalue weighted by Gasteiger charge is -2.10. The summed E-state index contributed by atoms with van der Waals surface area (Å²) in [6, 6.07) is 12.1. The number of amides is 1. The first-order valence-corrected chi connectivity index (χ1v) is 7.87. The lowest BCUT2D eigenvalue weighted by atomic mass is 10.2. The predicted octanol–water partition coefficient (Wildman–Crippen LogP) is 4.37. The van der Waals surface area contributed by atoms with E-state index >= 15 is 0 Å². The normalized spacial score (nSPS) is 10.5. The molecule has 0 atom stereocenters. The maximum Gasteiger partial charge on any atom is 0.274 e. The van der Waals surface area contributed by atoms with E-state index < -0.39 is 17.5 Å². The van der Waals surface area contributed by atoms with Gasteiger partial charge >= 0.3 is 0 Å². The van der Waals surface area contributed by atoms with Crippen LogP contribution in [0.1, 0.15) is 21.9 Å². The summed E-state index contributed by atoms with van der Waals surface area (Å²) in [6.07, 6.45) is 0. The van der Waals surface area contributed by atoms with Gasteiger partial charge in [0.1, 0.15) is 34.7 Å². The van der Waals surface area contributed by atoms with Crippen LogP contribution in [0.15, 0.2) is 48.5 Å². The van der Waals surface area contributed by atoms with E-state index in [2.05, 4.69) is 20.6 Å². The first-order valence-electron chi connectivity index (χ1n) is 7.87. The molecule has 5 nitrogen and oxygen atoms in total. The molecule has 0 saturated heterocycles.